The molecule has 2 rings (SSSR count). The molecule has 0 bridgehead atoms. The zero-order valence-electron chi connectivity index (χ0n) is 16.7. The number of guanidine groups is 1. The topological polar surface area (TPSA) is 79.5 Å². The quantitative estimate of drug-likeness (QED) is 0.543. The fourth-order valence-corrected chi connectivity index (χ4v) is 2.74. The minimum Gasteiger partial charge on any atom is -0.366 e. The second kappa shape index (κ2) is 9.21. The summed E-state index contributed by atoms with van der Waals surface area (Å²) in [4.78, 5) is 15.5. The fourth-order valence-electron chi connectivity index (χ4n) is 2.74. The maximum Gasteiger partial charge on any atom is 0.248 e. The van der Waals surface area contributed by atoms with Crippen molar-refractivity contribution in [1.29, 1.82) is 0 Å². The lowest BCUT2D eigenvalue weighted by atomic mass is 9.86. The van der Waals surface area contributed by atoms with Crippen molar-refractivity contribution in [1.82, 2.24) is 10.6 Å². The Kier molecular flexibility index (Phi) is 6.99. The van der Waals surface area contributed by atoms with Gasteiger partial charge < -0.3 is 16.4 Å². The molecule has 0 aromatic heterocycles. The van der Waals surface area contributed by atoms with Crippen LogP contribution in [-0.2, 0) is 18.4 Å². The van der Waals surface area contributed by atoms with Crippen LogP contribution in [0.3, 0.4) is 0 Å². The molecule has 144 valence electrons. The van der Waals surface area contributed by atoms with E-state index in [1.54, 1.807) is 19.2 Å². The third-order valence-electron chi connectivity index (χ3n) is 4.42. The van der Waals surface area contributed by atoms with Gasteiger partial charge in [-0.1, -0.05) is 57.2 Å². The van der Waals surface area contributed by atoms with E-state index < -0.39 is 5.91 Å². The van der Waals surface area contributed by atoms with E-state index in [-0.39, 0.29) is 5.41 Å². The molecule has 0 aliphatic carbocycles. The van der Waals surface area contributed by atoms with Gasteiger partial charge in [0, 0.05) is 25.7 Å². The number of nitrogens with two attached hydrogens (primary N) is 1. The minimum absolute atomic E-state index is 0.175. The summed E-state index contributed by atoms with van der Waals surface area (Å²) in [6.07, 6.45) is 0.919. The molecule has 4 N–H and O–H groups in total. The molecule has 0 heterocycles. The second-order valence-electron chi connectivity index (χ2n) is 7.61. The number of nitrogens with one attached hydrogen (secondary N) is 2. The minimum atomic E-state index is -0.420. The Hall–Kier alpha value is -2.82. The van der Waals surface area contributed by atoms with Crippen LogP contribution in [0.2, 0.25) is 0 Å². The normalized spacial score (nSPS) is 11.9. The maximum absolute atomic E-state index is 11.3. The van der Waals surface area contributed by atoms with E-state index in [0.717, 1.165) is 24.5 Å². The molecule has 5 nitrogen and oxygen atoms in total. The fraction of sp³-hybridized carbons (Fsp3) is 0.364. The third kappa shape index (κ3) is 6.44. The average molecular weight is 367 g/mol. The largest absolute Gasteiger partial charge is 0.366 e. The van der Waals surface area contributed by atoms with Gasteiger partial charge in [-0.15, -0.1) is 0 Å². The second-order valence-corrected chi connectivity index (χ2v) is 7.61. The van der Waals surface area contributed by atoms with Crippen LogP contribution < -0.4 is 16.4 Å². The number of benzene rings is 2. The zero-order chi connectivity index (χ0) is 19.9. The predicted octanol–water partition coefficient (Wildman–Crippen LogP) is 2.99. The number of carbonyl (C=O) groups is 1. The summed E-state index contributed by atoms with van der Waals surface area (Å²) in [5.74, 6) is 0.308. The van der Waals surface area contributed by atoms with Gasteiger partial charge in [0.25, 0.3) is 0 Å². The molecule has 0 saturated carbocycles. The lowest BCUT2D eigenvalue weighted by molar-refractivity contribution is 0.1000. The summed E-state index contributed by atoms with van der Waals surface area (Å²) >= 11 is 0. The number of hydrogen-bond donors (Lipinski definition) is 3. The highest BCUT2D eigenvalue weighted by Gasteiger charge is 2.12. The highest BCUT2D eigenvalue weighted by Crippen LogP contribution is 2.22. The molecular weight excluding hydrogens is 336 g/mol. The van der Waals surface area contributed by atoms with E-state index in [4.69, 9.17) is 5.73 Å². The van der Waals surface area contributed by atoms with Crippen LogP contribution in [0.5, 0.6) is 0 Å². The van der Waals surface area contributed by atoms with Crippen molar-refractivity contribution in [2.75, 3.05) is 13.6 Å². The lowest BCUT2D eigenvalue weighted by Gasteiger charge is -2.19. The van der Waals surface area contributed by atoms with Crippen molar-refractivity contribution in [3.05, 3.63) is 70.8 Å². The Balaban J connectivity index is 1.82. The van der Waals surface area contributed by atoms with Gasteiger partial charge >= 0.3 is 0 Å². The standard InChI is InChI=1S/C22H30N4O/c1-22(2,3)19-10-8-16(9-11-19)12-13-25-21(24-4)26-15-17-6-5-7-18(14-17)20(23)27/h5-11,14H,12-13,15H2,1-4H3,(H2,23,27)(H2,24,25,26). The van der Waals surface area contributed by atoms with Crippen LogP contribution in [0.15, 0.2) is 53.5 Å². The van der Waals surface area contributed by atoms with Crippen LogP contribution in [0.4, 0.5) is 0 Å². The monoisotopic (exact) mass is 366 g/mol. The van der Waals surface area contributed by atoms with Crippen LogP contribution in [0.1, 0.15) is 47.8 Å². The highest BCUT2D eigenvalue weighted by atomic mass is 16.1. The van der Waals surface area contributed by atoms with Crippen molar-refractivity contribution in [3.8, 4) is 0 Å². The number of amides is 1. The molecular formula is C22H30N4O. The molecule has 5 heteroatoms. The molecule has 0 radical (unpaired) electrons. The van der Waals surface area contributed by atoms with Crippen molar-refractivity contribution in [2.45, 2.75) is 39.2 Å². The first-order valence-electron chi connectivity index (χ1n) is 9.22. The summed E-state index contributed by atoms with van der Waals surface area (Å²) < 4.78 is 0. The van der Waals surface area contributed by atoms with Gasteiger partial charge in [-0.25, -0.2) is 0 Å². The van der Waals surface area contributed by atoms with Gasteiger partial charge in [0.1, 0.15) is 0 Å². The Morgan fingerprint density at radius 1 is 1.04 bits per heavy atom. The van der Waals surface area contributed by atoms with Gasteiger partial charge in [-0.05, 0) is 40.7 Å². The zero-order valence-corrected chi connectivity index (χ0v) is 16.7. The van der Waals surface area contributed by atoms with Gasteiger partial charge in [-0.3, -0.25) is 9.79 Å². The van der Waals surface area contributed by atoms with Crippen LogP contribution in [0.25, 0.3) is 0 Å². The molecule has 0 atom stereocenters. The Labute approximate surface area is 162 Å². The number of aliphatic imine (C=N–C) groups is 1. The lowest BCUT2D eigenvalue weighted by Crippen LogP contribution is -2.37. The first-order valence-corrected chi connectivity index (χ1v) is 9.22. The van der Waals surface area contributed by atoms with Gasteiger partial charge in [0.2, 0.25) is 5.91 Å². The smallest absolute Gasteiger partial charge is 0.248 e. The van der Waals surface area contributed by atoms with E-state index >= 15 is 0 Å². The van der Waals surface area contributed by atoms with Crippen LogP contribution >= 0.6 is 0 Å². The summed E-state index contributed by atoms with van der Waals surface area (Å²) in [7, 11) is 1.74. The molecule has 0 spiro atoms. The molecule has 0 unspecified atom stereocenters. The molecule has 0 aliphatic rings. The number of carbonyl (C=O) groups excluding carboxylic acids is 1. The van der Waals surface area contributed by atoms with Crippen molar-refractivity contribution < 1.29 is 4.79 Å². The number of nitrogens with zero attached hydrogens (tertiary/aromatic N) is 1. The van der Waals surface area contributed by atoms with Crippen molar-refractivity contribution in [3.63, 3.8) is 0 Å². The molecule has 2 aromatic carbocycles. The third-order valence-corrected chi connectivity index (χ3v) is 4.42. The van der Waals surface area contributed by atoms with Gasteiger partial charge in [-0.2, -0.15) is 0 Å². The molecule has 0 fully saturated rings. The van der Waals surface area contributed by atoms with Crippen LogP contribution in [0, 0.1) is 0 Å². The summed E-state index contributed by atoms with van der Waals surface area (Å²) in [6.45, 7) is 8.02. The predicted molar refractivity (Wildman–Crippen MR) is 112 cm³/mol. The van der Waals surface area contributed by atoms with Gasteiger partial charge in [0.15, 0.2) is 5.96 Å². The van der Waals surface area contributed by atoms with Crippen LogP contribution in [-0.4, -0.2) is 25.5 Å². The van der Waals surface area contributed by atoms with E-state index in [1.807, 2.05) is 12.1 Å². The van der Waals surface area contributed by atoms with E-state index in [9.17, 15) is 4.79 Å². The molecule has 27 heavy (non-hydrogen) atoms. The van der Waals surface area contributed by atoms with Gasteiger partial charge in [0.05, 0.1) is 0 Å². The molecule has 0 saturated heterocycles. The summed E-state index contributed by atoms with van der Waals surface area (Å²) in [5.41, 5.74) is 9.62. The average Bonchev–Trinajstić information content (AvgIpc) is 2.64. The SMILES string of the molecule is CN=C(NCCc1ccc(C(C)(C)C)cc1)NCc1cccc(C(N)=O)c1. The van der Waals surface area contributed by atoms with Crippen molar-refractivity contribution in [2.24, 2.45) is 10.7 Å². The first kappa shape index (κ1) is 20.5. The van der Waals surface area contributed by atoms with E-state index in [2.05, 4.69) is 60.7 Å². The highest BCUT2D eigenvalue weighted by molar-refractivity contribution is 5.92. The number of primary amides is 1. The van der Waals surface area contributed by atoms with E-state index in [0.29, 0.717) is 12.1 Å². The Bertz CT molecular complexity index is 789. The number of rotatable bonds is 6. The molecule has 2 aromatic rings. The molecule has 1 amide bonds. The summed E-state index contributed by atoms with van der Waals surface area (Å²) in [6, 6.07) is 16.1. The first-order chi connectivity index (χ1) is 12.8. The molecule has 0 aliphatic heterocycles. The Morgan fingerprint density at radius 3 is 2.33 bits per heavy atom. The Morgan fingerprint density at radius 2 is 1.74 bits per heavy atom. The van der Waals surface area contributed by atoms with E-state index in [1.165, 1.54) is 11.1 Å². The maximum atomic E-state index is 11.3. The summed E-state index contributed by atoms with van der Waals surface area (Å²) in [5, 5.41) is 6.57. The van der Waals surface area contributed by atoms with Crippen molar-refractivity contribution >= 4 is 11.9 Å². The number of hydrogen-bond acceptors (Lipinski definition) is 2.